The summed E-state index contributed by atoms with van der Waals surface area (Å²) in [5.74, 6) is -1.37. The van der Waals surface area contributed by atoms with E-state index >= 15 is 0 Å². The minimum Gasteiger partial charge on any atom is -0.508 e. The molecule has 0 aliphatic carbocycles. The van der Waals surface area contributed by atoms with Gasteiger partial charge in [0, 0.05) is 6.07 Å². The number of ether oxygens (including phenoxy) is 1. The minimum absolute atomic E-state index is 0.291. The van der Waals surface area contributed by atoms with E-state index in [2.05, 4.69) is 4.74 Å². The normalized spacial score (nSPS) is 11.4. The summed E-state index contributed by atoms with van der Waals surface area (Å²) in [5.41, 5.74) is 0.753. The van der Waals surface area contributed by atoms with Crippen LogP contribution in [0.4, 0.5) is 17.6 Å². The number of benzene rings is 2. The lowest BCUT2D eigenvalue weighted by Crippen LogP contribution is -2.17. The van der Waals surface area contributed by atoms with Crippen molar-refractivity contribution in [3.05, 3.63) is 48.3 Å². The van der Waals surface area contributed by atoms with Crippen molar-refractivity contribution in [2.24, 2.45) is 0 Å². The summed E-state index contributed by atoms with van der Waals surface area (Å²) in [6, 6.07) is 8.34. The molecule has 0 aliphatic heterocycles. The van der Waals surface area contributed by atoms with Crippen molar-refractivity contribution < 1.29 is 27.4 Å². The maximum Gasteiger partial charge on any atom is 0.573 e. The van der Waals surface area contributed by atoms with Crippen LogP contribution in [0.3, 0.4) is 0 Å². The number of phenolic OH excluding ortho intramolecular Hbond substituents is 1. The van der Waals surface area contributed by atoms with E-state index in [1.54, 1.807) is 0 Å². The Bertz CT molecular complexity index is 576. The lowest BCUT2D eigenvalue weighted by Gasteiger charge is -2.11. The van der Waals surface area contributed by atoms with E-state index in [-0.39, 0.29) is 5.75 Å². The fourth-order valence-corrected chi connectivity index (χ4v) is 1.58. The van der Waals surface area contributed by atoms with Gasteiger partial charge in [-0.1, -0.05) is 12.1 Å². The fourth-order valence-electron chi connectivity index (χ4n) is 1.58. The Morgan fingerprint density at radius 1 is 0.895 bits per heavy atom. The van der Waals surface area contributed by atoms with Crippen molar-refractivity contribution in [3.8, 4) is 22.6 Å². The number of hydrogen-bond acceptors (Lipinski definition) is 2. The van der Waals surface area contributed by atoms with Gasteiger partial charge in [0.25, 0.3) is 0 Å². The summed E-state index contributed by atoms with van der Waals surface area (Å²) in [4.78, 5) is 0. The molecule has 100 valence electrons. The van der Waals surface area contributed by atoms with Crippen LogP contribution in [-0.2, 0) is 0 Å². The average molecular weight is 272 g/mol. The van der Waals surface area contributed by atoms with Crippen molar-refractivity contribution in [1.29, 1.82) is 0 Å². The Morgan fingerprint density at radius 3 is 2.11 bits per heavy atom. The third-order valence-electron chi connectivity index (χ3n) is 2.30. The first-order valence-corrected chi connectivity index (χ1v) is 5.19. The van der Waals surface area contributed by atoms with Gasteiger partial charge in [0.15, 0.2) is 0 Å². The molecule has 0 atom stereocenters. The number of aromatic hydroxyl groups is 1. The van der Waals surface area contributed by atoms with E-state index in [0.29, 0.717) is 11.1 Å². The smallest absolute Gasteiger partial charge is 0.508 e. The van der Waals surface area contributed by atoms with Crippen molar-refractivity contribution >= 4 is 0 Å². The van der Waals surface area contributed by atoms with Crippen LogP contribution in [0.1, 0.15) is 0 Å². The first-order chi connectivity index (χ1) is 8.83. The monoisotopic (exact) mass is 272 g/mol. The van der Waals surface area contributed by atoms with Gasteiger partial charge in [0.2, 0.25) is 0 Å². The van der Waals surface area contributed by atoms with Crippen molar-refractivity contribution in [2.45, 2.75) is 6.36 Å². The molecule has 0 bridgehead atoms. The first kappa shape index (κ1) is 13.2. The molecule has 0 heterocycles. The molecular weight excluding hydrogens is 264 g/mol. The Balaban J connectivity index is 2.39. The molecule has 0 saturated heterocycles. The highest BCUT2D eigenvalue weighted by atomic mass is 19.4. The Kier molecular flexibility index (Phi) is 3.33. The van der Waals surface area contributed by atoms with Crippen molar-refractivity contribution in [1.82, 2.24) is 0 Å². The second-order valence-corrected chi connectivity index (χ2v) is 3.77. The Hall–Kier alpha value is -2.24. The molecule has 2 rings (SSSR count). The predicted molar refractivity (Wildman–Crippen MR) is 60.2 cm³/mol. The first-order valence-electron chi connectivity index (χ1n) is 5.19. The van der Waals surface area contributed by atoms with E-state index in [0.717, 1.165) is 12.1 Å². The van der Waals surface area contributed by atoms with Crippen LogP contribution in [-0.4, -0.2) is 11.5 Å². The molecule has 0 fully saturated rings. The van der Waals surface area contributed by atoms with Crippen molar-refractivity contribution in [2.75, 3.05) is 0 Å². The molecule has 0 saturated carbocycles. The molecule has 2 aromatic carbocycles. The van der Waals surface area contributed by atoms with E-state index in [1.807, 2.05) is 0 Å². The topological polar surface area (TPSA) is 29.5 Å². The number of alkyl halides is 3. The highest BCUT2D eigenvalue weighted by Crippen LogP contribution is 2.32. The van der Waals surface area contributed by atoms with Crippen LogP contribution in [0.2, 0.25) is 0 Å². The van der Waals surface area contributed by atoms with Gasteiger partial charge in [0.1, 0.15) is 17.3 Å². The summed E-state index contributed by atoms with van der Waals surface area (Å²) < 4.78 is 52.8. The maximum atomic E-state index is 12.8. The lowest BCUT2D eigenvalue weighted by molar-refractivity contribution is -0.274. The van der Waals surface area contributed by atoms with Gasteiger partial charge in [-0.15, -0.1) is 13.2 Å². The second-order valence-electron chi connectivity index (χ2n) is 3.77. The lowest BCUT2D eigenvalue weighted by atomic mass is 10.1. The summed E-state index contributed by atoms with van der Waals surface area (Å²) in [5, 5.41) is 9.39. The summed E-state index contributed by atoms with van der Waals surface area (Å²) in [6.45, 7) is 0. The molecule has 0 spiro atoms. The molecule has 2 nitrogen and oxygen atoms in total. The third-order valence-corrected chi connectivity index (χ3v) is 2.30. The Labute approximate surface area is 105 Å². The molecule has 0 unspecified atom stereocenters. The SMILES string of the molecule is Oc1cc(OC(F)(F)F)cc(-c2ccc(F)cc2)c1. The van der Waals surface area contributed by atoms with Gasteiger partial charge in [-0.2, -0.15) is 0 Å². The number of hydrogen-bond donors (Lipinski definition) is 1. The number of rotatable bonds is 2. The van der Waals surface area contributed by atoms with Crippen LogP contribution in [0.25, 0.3) is 11.1 Å². The molecular formula is C13H8F4O2. The van der Waals surface area contributed by atoms with Crippen LogP contribution >= 0.6 is 0 Å². The van der Waals surface area contributed by atoms with Gasteiger partial charge in [-0.05, 0) is 35.4 Å². The zero-order valence-corrected chi connectivity index (χ0v) is 9.41. The second kappa shape index (κ2) is 4.79. The molecule has 6 heteroatoms. The standard InChI is InChI=1S/C13H8F4O2/c14-10-3-1-8(2-4-10)9-5-11(18)7-12(6-9)19-13(15,16)17/h1-7,18H. The van der Waals surface area contributed by atoms with Gasteiger partial charge in [0.05, 0.1) is 0 Å². The molecule has 2 aromatic rings. The van der Waals surface area contributed by atoms with Gasteiger partial charge in [-0.3, -0.25) is 0 Å². The summed E-state index contributed by atoms with van der Waals surface area (Å²) in [6.07, 6.45) is -4.84. The quantitative estimate of drug-likeness (QED) is 0.834. The summed E-state index contributed by atoms with van der Waals surface area (Å²) >= 11 is 0. The predicted octanol–water partition coefficient (Wildman–Crippen LogP) is 4.10. The Morgan fingerprint density at radius 2 is 1.53 bits per heavy atom. The molecule has 0 radical (unpaired) electrons. The highest BCUT2D eigenvalue weighted by Gasteiger charge is 2.31. The van der Waals surface area contributed by atoms with E-state index < -0.39 is 17.9 Å². The van der Waals surface area contributed by atoms with E-state index in [1.165, 1.54) is 30.3 Å². The van der Waals surface area contributed by atoms with E-state index in [9.17, 15) is 22.7 Å². The van der Waals surface area contributed by atoms with E-state index in [4.69, 9.17) is 0 Å². The molecule has 0 aliphatic rings. The molecule has 1 N–H and O–H groups in total. The molecule has 0 aromatic heterocycles. The summed E-state index contributed by atoms with van der Waals surface area (Å²) in [7, 11) is 0. The van der Waals surface area contributed by atoms with Crippen LogP contribution in [0.15, 0.2) is 42.5 Å². The largest absolute Gasteiger partial charge is 0.573 e. The minimum atomic E-state index is -4.84. The maximum absolute atomic E-state index is 12.8. The number of halogens is 4. The van der Waals surface area contributed by atoms with Gasteiger partial charge in [-0.25, -0.2) is 4.39 Å². The van der Waals surface area contributed by atoms with Crippen molar-refractivity contribution in [3.63, 3.8) is 0 Å². The van der Waals surface area contributed by atoms with Crippen LogP contribution in [0, 0.1) is 5.82 Å². The third kappa shape index (κ3) is 3.61. The zero-order chi connectivity index (χ0) is 14.0. The van der Waals surface area contributed by atoms with Gasteiger partial charge < -0.3 is 9.84 Å². The zero-order valence-electron chi connectivity index (χ0n) is 9.41. The van der Waals surface area contributed by atoms with Crippen LogP contribution < -0.4 is 4.74 Å². The highest BCUT2D eigenvalue weighted by molar-refractivity contribution is 5.67. The van der Waals surface area contributed by atoms with Gasteiger partial charge >= 0.3 is 6.36 Å². The van der Waals surface area contributed by atoms with Crippen LogP contribution in [0.5, 0.6) is 11.5 Å². The average Bonchev–Trinajstić information content (AvgIpc) is 2.26. The fraction of sp³-hybridized carbons (Fsp3) is 0.0769. The molecule has 19 heavy (non-hydrogen) atoms. The molecule has 0 amide bonds. The number of phenols is 1.